The molecule has 0 aliphatic heterocycles. The number of carbonyl (C=O) groups is 1. The highest BCUT2D eigenvalue weighted by molar-refractivity contribution is 6.04. The average Bonchev–Trinajstić information content (AvgIpc) is 3.06. The molecule has 1 heterocycles. The Morgan fingerprint density at radius 1 is 1.09 bits per heavy atom. The van der Waals surface area contributed by atoms with Gasteiger partial charge in [0.15, 0.2) is 0 Å². The van der Waals surface area contributed by atoms with Crippen molar-refractivity contribution in [2.24, 2.45) is 0 Å². The number of amides is 1. The smallest absolute Gasteiger partial charge is 0.259 e. The van der Waals surface area contributed by atoms with Gasteiger partial charge in [-0.2, -0.15) is 5.10 Å². The summed E-state index contributed by atoms with van der Waals surface area (Å²) in [6.07, 6.45) is 2.27. The molecule has 0 bridgehead atoms. The van der Waals surface area contributed by atoms with E-state index in [0.717, 1.165) is 17.9 Å². The Bertz CT molecular complexity index is 780. The molecule has 1 aromatic heterocycles. The number of aromatic nitrogens is 2. The number of benzene rings is 2. The number of rotatable bonds is 5. The van der Waals surface area contributed by atoms with Gasteiger partial charge in [0.2, 0.25) is 0 Å². The molecule has 2 aromatic carbocycles. The van der Waals surface area contributed by atoms with Crippen molar-refractivity contribution in [3.05, 3.63) is 72.1 Å². The summed E-state index contributed by atoms with van der Waals surface area (Å²) in [5.41, 5.74) is 2.10. The number of hydrogen-bond donors (Lipinski definition) is 2. The van der Waals surface area contributed by atoms with Gasteiger partial charge in [0.05, 0.1) is 11.8 Å². The van der Waals surface area contributed by atoms with Crippen molar-refractivity contribution in [2.75, 3.05) is 5.32 Å². The van der Waals surface area contributed by atoms with Crippen LogP contribution in [0.3, 0.4) is 0 Å². The van der Waals surface area contributed by atoms with E-state index in [2.05, 4.69) is 15.5 Å². The summed E-state index contributed by atoms with van der Waals surface area (Å²) >= 11 is 0. The molecule has 5 nitrogen and oxygen atoms in total. The van der Waals surface area contributed by atoms with Crippen molar-refractivity contribution in [3.8, 4) is 11.5 Å². The molecule has 0 saturated heterocycles. The van der Waals surface area contributed by atoms with Crippen LogP contribution in [0.4, 0.5) is 5.69 Å². The molecular formula is C18H17N3O2. The van der Waals surface area contributed by atoms with E-state index in [4.69, 9.17) is 4.74 Å². The maximum Gasteiger partial charge on any atom is 0.259 e. The minimum atomic E-state index is -0.174. The largest absolute Gasteiger partial charge is 0.457 e. The van der Waals surface area contributed by atoms with Crippen molar-refractivity contribution in [2.45, 2.75) is 13.3 Å². The number of nitrogens with zero attached hydrogens (tertiary/aromatic N) is 1. The van der Waals surface area contributed by atoms with Crippen molar-refractivity contribution in [3.63, 3.8) is 0 Å². The predicted molar refractivity (Wildman–Crippen MR) is 88.9 cm³/mol. The molecular weight excluding hydrogens is 290 g/mol. The van der Waals surface area contributed by atoms with E-state index in [0.29, 0.717) is 17.0 Å². The molecule has 0 spiro atoms. The third-order valence-corrected chi connectivity index (χ3v) is 3.41. The predicted octanol–water partition coefficient (Wildman–Crippen LogP) is 4.02. The number of para-hydroxylation sites is 1. The number of ether oxygens (including phenoxy) is 1. The zero-order chi connectivity index (χ0) is 16.1. The zero-order valence-electron chi connectivity index (χ0n) is 12.7. The van der Waals surface area contributed by atoms with Crippen LogP contribution in [0.25, 0.3) is 0 Å². The third-order valence-electron chi connectivity index (χ3n) is 3.41. The van der Waals surface area contributed by atoms with Gasteiger partial charge in [-0.1, -0.05) is 25.1 Å². The third kappa shape index (κ3) is 3.58. The first-order valence-electron chi connectivity index (χ1n) is 7.43. The fraction of sp³-hybridized carbons (Fsp3) is 0.111. The summed E-state index contributed by atoms with van der Waals surface area (Å²) in [7, 11) is 0. The Morgan fingerprint density at radius 3 is 2.48 bits per heavy atom. The molecule has 2 N–H and O–H groups in total. The Balaban J connectivity index is 1.67. The van der Waals surface area contributed by atoms with E-state index in [1.54, 1.807) is 6.20 Å². The van der Waals surface area contributed by atoms with Gasteiger partial charge in [-0.05, 0) is 42.8 Å². The number of hydrogen-bond acceptors (Lipinski definition) is 3. The molecule has 0 saturated carbocycles. The lowest BCUT2D eigenvalue weighted by molar-refractivity contribution is 0.102. The lowest BCUT2D eigenvalue weighted by Crippen LogP contribution is -2.12. The highest BCUT2D eigenvalue weighted by atomic mass is 16.5. The van der Waals surface area contributed by atoms with Gasteiger partial charge < -0.3 is 10.1 Å². The fourth-order valence-electron chi connectivity index (χ4n) is 2.21. The SMILES string of the molecule is CCc1[nH]ncc1C(=O)Nc1ccc(Oc2ccccc2)cc1. The van der Waals surface area contributed by atoms with Gasteiger partial charge in [0.1, 0.15) is 11.5 Å². The number of anilines is 1. The van der Waals surface area contributed by atoms with Crippen LogP contribution >= 0.6 is 0 Å². The lowest BCUT2D eigenvalue weighted by atomic mass is 10.2. The first-order chi connectivity index (χ1) is 11.3. The van der Waals surface area contributed by atoms with Crippen LogP contribution in [0.5, 0.6) is 11.5 Å². The normalized spacial score (nSPS) is 10.3. The van der Waals surface area contributed by atoms with E-state index in [1.807, 2.05) is 61.5 Å². The van der Waals surface area contributed by atoms with Gasteiger partial charge in [0.25, 0.3) is 5.91 Å². The molecule has 0 fully saturated rings. The summed E-state index contributed by atoms with van der Waals surface area (Å²) in [5.74, 6) is 1.31. The zero-order valence-corrected chi connectivity index (χ0v) is 12.7. The Labute approximate surface area is 134 Å². The van der Waals surface area contributed by atoms with Crippen LogP contribution in [0.1, 0.15) is 23.0 Å². The van der Waals surface area contributed by atoms with E-state index in [-0.39, 0.29) is 5.91 Å². The van der Waals surface area contributed by atoms with E-state index >= 15 is 0 Å². The second-order valence-electron chi connectivity index (χ2n) is 5.01. The molecule has 0 atom stereocenters. The van der Waals surface area contributed by atoms with Crippen molar-refractivity contribution in [1.82, 2.24) is 10.2 Å². The fourth-order valence-corrected chi connectivity index (χ4v) is 2.21. The van der Waals surface area contributed by atoms with Crippen LogP contribution in [0.15, 0.2) is 60.8 Å². The maximum atomic E-state index is 12.2. The minimum Gasteiger partial charge on any atom is -0.457 e. The first kappa shape index (κ1) is 14.8. The molecule has 3 rings (SSSR count). The van der Waals surface area contributed by atoms with Gasteiger partial charge in [-0.3, -0.25) is 9.89 Å². The molecule has 116 valence electrons. The summed E-state index contributed by atoms with van der Waals surface area (Å²) in [6, 6.07) is 16.8. The summed E-state index contributed by atoms with van der Waals surface area (Å²) in [4.78, 5) is 12.2. The lowest BCUT2D eigenvalue weighted by Gasteiger charge is -2.08. The minimum absolute atomic E-state index is 0.174. The molecule has 0 aliphatic rings. The van der Waals surface area contributed by atoms with E-state index in [1.165, 1.54) is 0 Å². The molecule has 3 aromatic rings. The van der Waals surface area contributed by atoms with Crippen LogP contribution in [0.2, 0.25) is 0 Å². The van der Waals surface area contributed by atoms with E-state index < -0.39 is 0 Å². The second kappa shape index (κ2) is 6.79. The summed E-state index contributed by atoms with van der Waals surface area (Å²) in [6.45, 7) is 1.97. The van der Waals surface area contributed by atoms with Crippen LogP contribution < -0.4 is 10.1 Å². The number of nitrogens with one attached hydrogen (secondary N) is 2. The summed E-state index contributed by atoms with van der Waals surface area (Å²) in [5, 5.41) is 9.59. The molecule has 0 aliphatic carbocycles. The van der Waals surface area contributed by atoms with Crippen molar-refractivity contribution >= 4 is 11.6 Å². The molecule has 5 heteroatoms. The number of aryl methyl sites for hydroxylation is 1. The molecule has 23 heavy (non-hydrogen) atoms. The van der Waals surface area contributed by atoms with Crippen molar-refractivity contribution < 1.29 is 9.53 Å². The monoisotopic (exact) mass is 307 g/mol. The second-order valence-corrected chi connectivity index (χ2v) is 5.01. The molecule has 1 amide bonds. The Kier molecular flexibility index (Phi) is 4.38. The quantitative estimate of drug-likeness (QED) is 0.748. The molecule has 0 radical (unpaired) electrons. The highest BCUT2D eigenvalue weighted by Gasteiger charge is 2.12. The average molecular weight is 307 g/mol. The van der Waals surface area contributed by atoms with Crippen LogP contribution in [0, 0.1) is 0 Å². The van der Waals surface area contributed by atoms with Crippen LogP contribution in [-0.2, 0) is 6.42 Å². The summed E-state index contributed by atoms with van der Waals surface area (Å²) < 4.78 is 5.72. The molecule has 0 unspecified atom stereocenters. The standard InChI is InChI=1S/C18H17N3O2/c1-2-17-16(12-19-21-17)18(22)20-13-8-10-15(11-9-13)23-14-6-4-3-5-7-14/h3-12H,2H2,1H3,(H,19,21)(H,20,22). The topological polar surface area (TPSA) is 67.0 Å². The van der Waals surface area contributed by atoms with E-state index in [9.17, 15) is 4.79 Å². The van der Waals surface area contributed by atoms with Crippen molar-refractivity contribution in [1.29, 1.82) is 0 Å². The van der Waals surface area contributed by atoms with Gasteiger partial charge in [-0.15, -0.1) is 0 Å². The Morgan fingerprint density at radius 2 is 1.78 bits per heavy atom. The van der Waals surface area contributed by atoms with Gasteiger partial charge in [-0.25, -0.2) is 0 Å². The van der Waals surface area contributed by atoms with Gasteiger partial charge in [0, 0.05) is 11.4 Å². The number of aromatic amines is 1. The number of carbonyl (C=O) groups excluding carboxylic acids is 1. The number of H-pyrrole nitrogens is 1. The first-order valence-corrected chi connectivity index (χ1v) is 7.43. The Hall–Kier alpha value is -3.08. The van der Waals surface area contributed by atoms with Crippen LogP contribution in [-0.4, -0.2) is 16.1 Å². The maximum absolute atomic E-state index is 12.2. The highest BCUT2D eigenvalue weighted by Crippen LogP contribution is 2.23. The van der Waals surface area contributed by atoms with Gasteiger partial charge >= 0.3 is 0 Å².